The van der Waals surface area contributed by atoms with Gasteiger partial charge in [-0.1, -0.05) is 47.7 Å². The molecular formula is C29H37N5O5. The van der Waals surface area contributed by atoms with E-state index in [0.29, 0.717) is 58.4 Å². The fourth-order valence-electron chi connectivity index (χ4n) is 4.48. The van der Waals surface area contributed by atoms with Crippen LogP contribution in [0, 0.1) is 0 Å². The number of ether oxygens (including phenoxy) is 3. The molecule has 0 saturated carbocycles. The Morgan fingerprint density at radius 2 is 1.54 bits per heavy atom. The number of ketones is 1. The number of Topliss-reactive ketones (excluding diaryl/α,β-unsaturated/α-hetero) is 1. The molecule has 0 fully saturated rings. The third-order valence-electron chi connectivity index (χ3n) is 6.47. The fourth-order valence-corrected chi connectivity index (χ4v) is 4.48. The highest BCUT2D eigenvalue weighted by atomic mass is 16.5. The van der Waals surface area contributed by atoms with Crippen LogP contribution in [-0.2, 0) is 36.9 Å². The second-order valence-corrected chi connectivity index (χ2v) is 9.31. The number of nitrogens with one attached hydrogen (secondary N) is 1. The van der Waals surface area contributed by atoms with Gasteiger partial charge < -0.3 is 29.2 Å². The number of rotatable bonds is 15. The van der Waals surface area contributed by atoms with Crippen molar-refractivity contribution in [2.75, 3.05) is 58.1 Å². The van der Waals surface area contributed by atoms with Crippen LogP contribution in [0.3, 0.4) is 0 Å². The number of carbonyl (C=O) groups excluding carboxylic acids is 2. The van der Waals surface area contributed by atoms with E-state index in [-0.39, 0.29) is 24.5 Å². The van der Waals surface area contributed by atoms with Gasteiger partial charge in [-0.05, 0) is 25.6 Å². The van der Waals surface area contributed by atoms with Crippen molar-refractivity contribution in [3.63, 3.8) is 0 Å². The first-order valence-electron chi connectivity index (χ1n) is 13.4. The molecule has 1 amide bonds. The van der Waals surface area contributed by atoms with E-state index in [0.717, 1.165) is 34.6 Å². The molecule has 10 nitrogen and oxygen atoms in total. The predicted octanol–water partition coefficient (Wildman–Crippen LogP) is 3.10. The Bertz CT molecular complexity index is 1240. The number of hydrogen-bond acceptors (Lipinski definition) is 8. The van der Waals surface area contributed by atoms with Gasteiger partial charge >= 0.3 is 0 Å². The summed E-state index contributed by atoms with van der Waals surface area (Å²) in [6.07, 6.45) is 0.381. The summed E-state index contributed by atoms with van der Waals surface area (Å²) in [6.45, 7) is 6.43. The normalized spacial score (nSPS) is 12.3. The molecule has 1 aliphatic heterocycles. The summed E-state index contributed by atoms with van der Waals surface area (Å²) in [5.74, 6) is -0.0965. The number of hydrogen-bond donors (Lipinski definition) is 1. The van der Waals surface area contributed by atoms with Gasteiger partial charge in [-0.3, -0.25) is 4.79 Å². The molecule has 2 heterocycles. The summed E-state index contributed by atoms with van der Waals surface area (Å²) < 4.78 is 18.7. The minimum Gasteiger partial charge on any atom is -0.378 e. The van der Waals surface area contributed by atoms with E-state index in [4.69, 9.17) is 14.2 Å². The predicted molar refractivity (Wildman–Crippen MR) is 148 cm³/mol. The first-order valence-corrected chi connectivity index (χ1v) is 13.4. The highest BCUT2D eigenvalue weighted by Crippen LogP contribution is 2.41. The first kappa shape index (κ1) is 28.6. The number of nitrogens with zero attached hydrogens (tertiary/aromatic N) is 4. The van der Waals surface area contributed by atoms with Crippen molar-refractivity contribution in [3.05, 3.63) is 54.1 Å². The van der Waals surface area contributed by atoms with Crippen LogP contribution >= 0.6 is 0 Å². The van der Waals surface area contributed by atoms with Gasteiger partial charge in [0.1, 0.15) is 11.5 Å². The van der Waals surface area contributed by atoms with Crippen molar-refractivity contribution in [3.8, 4) is 22.5 Å². The van der Waals surface area contributed by atoms with E-state index in [1.165, 1.54) is 6.92 Å². The van der Waals surface area contributed by atoms with Gasteiger partial charge in [-0.2, -0.15) is 0 Å². The number of para-hydroxylation sites is 1. The zero-order chi connectivity index (χ0) is 27.5. The second-order valence-electron chi connectivity index (χ2n) is 9.31. The molecule has 1 N–H and O–H groups in total. The lowest BCUT2D eigenvalue weighted by atomic mass is 9.95. The number of anilines is 1. The molecule has 0 unspecified atom stereocenters. The standard InChI is InChI=1S/C29H37N5O5/c1-22(35)11-12-27(36)33-21-23-7-3-4-8-24(23)29-28(25-9-5-6-10-26(25)33)31-32-34(29)14-16-38-18-20-39-19-17-37-15-13-30-2/h3-10,30H,11-21H2,1-2H3. The topological polar surface area (TPSA) is 108 Å². The van der Waals surface area contributed by atoms with Crippen molar-refractivity contribution >= 4 is 17.4 Å². The third kappa shape index (κ3) is 7.57. The molecule has 10 heteroatoms. The summed E-state index contributed by atoms with van der Waals surface area (Å²) >= 11 is 0. The van der Waals surface area contributed by atoms with Gasteiger partial charge in [0.15, 0.2) is 0 Å². The lowest BCUT2D eigenvalue weighted by molar-refractivity contribution is -0.123. The zero-order valence-corrected chi connectivity index (χ0v) is 22.7. The quantitative estimate of drug-likeness (QED) is 0.296. The molecule has 4 rings (SSSR count). The minimum absolute atomic E-state index is 0.00251. The zero-order valence-electron chi connectivity index (χ0n) is 22.7. The van der Waals surface area contributed by atoms with E-state index in [2.05, 4.69) is 15.6 Å². The van der Waals surface area contributed by atoms with E-state index in [9.17, 15) is 9.59 Å². The average molecular weight is 536 g/mol. The Balaban J connectivity index is 1.47. The van der Waals surface area contributed by atoms with E-state index >= 15 is 0 Å². The van der Waals surface area contributed by atoms with Gasteiger partial charge in [0.2, 0.25) is 5.91 Å². The minimum atomic E-state index is -0.0940. The lowest BCUT2D eigenvalue weighted by Crippen LogP contribution is -2.32. The van der Waals surface area contributed by atoms with E-state index < -0.39 is 0 Å². The van der Waals surface area contributed by atoms with Crippen LogP contribution in [0.5, 0.6) is 0 Å². The highest BCUT2D eigenvalue weighted by Gasteiger charge is 2.28. The molecule has 0 radical (unpaired) electrons. The van der Waals surface area contributed by atoms with E-state index in [1.54, 1.807) is 4.90 Å². The Kier molecular flexibility index (Phi) is 10.7. The molecule has 1 aliphatic rings. The largest absolute Gasteiger partial charge is 0.378 e. The Morgan fingerprint density at radius 1 is 0.872 bits per heavy atom. The van der Waals surface area contributed by atoms with Crippen molar-refractivity contribution in [2.45, 2.75) is 32.9 Å². The summed E-state index contributed by atoms with van der Waals surface area (Å²) in [4.78, 5) is 26.6. The van der Waals surface area contributed by atoms with Crippen LogP contribution in [0.4, 0.5) is 5.69 Å². The number of likely N-dealkylation sites (N-methyl/N-ethyl adjacent to an activating group) is 1. The lowest BCUT2D eigenvalue weighted by Gasteiger charge is -2.28. The van der Waals surface area contributed by atoms with Crippen LogP contribution < -0.4 is 10.2 Å². The Hall–Kier alpha value is -3.44. The van der Waals surface area contributed by atoms with Crippen molar-refractivity contribution < 1.29 is 23.8 Å². The van der Waals surface area contributed by atoms with Crippen LogP contribution in [0.1, 0.15) is 25.3 Å². The van der Waals surface area contributed by atoms with Crippen LogP contribution in [0.15, 0.2) is 48.5 Å². The first-order chi connectivity index (χ1) is 19.1. The number of fused-ring (bicyclic) bond motifs is 5. The van der Waals surface area contributed by atoms with Gasteiger partial charge in [0, 0.05) is 30.5 Å². The molecule has 39 heavy (non-hydrogen) atoms. The molecule has 3 aromatic rings. The maximum absolute atomic E-state index is 13.3. The number of aromatic nitrogens is 3. The average Bonchev–Trinajstić information content (AvgIpc) is 3.35. The van der Waals surface area contributed by atoms with Gasteiger partial charge in [-0.15, -0.1) is 5.10 Å². The molecule has 0 saturated heterocycles. The summed E-state index contributed by atoms with van der Waals surface area (Å²) in [7, 11) is 1.89. The Labute approximate surface area is 229 Å². The van der Waals surface area contributed by atoms with Gasteiger partial charge in [0.25, 0.3) is 0 Å². The summed E-state index contributed by atoms with van der Waals surface area (Å²) in [6, 6.07) is 15.7. The molecule has 0 spiro atoms. The molecule has 208 valence electrons. The van der Waals surface area contributed by atoms with Gasteiger partial charge in [0.05, 0.1) is 64.1 Å². The molecule has 0 aliphatic carbocycles. The third-order valence-corrected chi connectivity index (χ3v) is 6.47. The molecule has 1 aromatic heterocycles. The van der Waals surface area contributed by atoms with Crippen LogP contribution in [0.2, 0.25) is 0 Å². The molecule has 0 atom stereocenters. The molecular weight excluding hydrogens is 498 g/mol. The van der Waals surface area contributed by atoms with Crippen molar-refractivity contribution in [1.29, 1.82) is 0 Å². The number of carbonyl (C=O) groups is 2. The summed E-state index contributed by atoms with van der Waals surface area (Å²) in [5, 5.41) is 12.1. The summed E-state index contributed by atoms with van der Waals surface area (Å²) in [5.41, 5.74) is 5.15. The number of benzene rings is 2. The Morgan fingerprint density at radius 3 is 2.28 bits per heavy atom. The van der Waals surface area contributed by atoms with Crippen molar-refractivity contribution in [2.24, 2.45) is 0 Å². The van der Waals surface area contributed by atoms with Gasteiger partial charge in [-0.25, -0.2) is 4.68 Å². The van der Waals surface area contributed by atoms with Crippen LogP contribution in [0.25, 0.3) is 22.5 Å². The maximum atomic E-state index is 13.3. The number of amides is 1. The smallest absolute Gasteiger partial charge is 0.227 e. The maximum Gasteiger partial charge on any atom is 0.227 e. The van der Waals surface area contributed by atoms with Crippen molar-refractivity contribution in [1.82, 2.24) is 20.3 Å². The highest BCUT2D eigenvalue weighted by molar-refractivity contribution is 6.01. The van der Waals surface area contributed by atoms with E-state index in [1.807, 2.05) is 60.3 Å². The SMILES string of the molecule is CNCCOCCOCCOCCn1nnc2c1-c1ccccc1CN(C(=O)CCC(C)=O)c1ccccc1-2. The van der Waals surface area contributed by atoms with Crippen LogP contribution in [-0.4, -0.2) is 79.9 Å². The molecule has 2 aromatic carbocycles. The second kappa shape index (κ2) is 14.6. The molecule has 0 bridgehead atoms. The fraction of sp³-hybridized carbons (Fsp3) is 0.448. The monoisotopic (exact) mass is 535 g/mol.